The second-order valence-corrected chi connectivity index (χ2v) is 11.3. The molecule has 1 fully saturated rings. The molecule has 5 N–H and O–H groups in total. The number of ether oxygens (including phenoxy) is 1. The Hall–Kier alpha value is -3.05. The first kappa shape index (κ1) is 32.2. The zero-order chi connectivity index (χ0) is 26.6. The van der Waals surface area contributed by atoms with Gasteiger partial charge in [-0.3, -0.25) is 15.1 Å². The van der Waals surface area contributed by atoms with Crippen LogP contribution < -0.4 is 14.8 Å². The number of aliphatic hydroxyl groups is 1. The molecular formula is C27H35Cl2N5O4S. The Morgan fingerprint density at radius 3 is 2.26 bits per heavy atom. The van der Waals surface area contributed by atoms with Gasteiger partial charge in [-0.1, -0.05) is 24.3 Å². The summed E-state index contributed by atoms with van der Waals surface area (Å²) in [5.41, 5.74) is 7.48. The molecule has 0 atom stereocenters. The lowest BCUT2D eigenvalue weighted by Gasteiger charge is -2.33. The Morgan fingerprint density at radius 1 is 1.03 bits per heavy atom. The SMILES string of the molecule is CC(=N)N1CCC(Oc2ccc(N(Cc3ccc4ccc(C(=N)N)cc4c3)S(=O)(=O)CCO)cc2)CC1.Cl.Cl. The van der Waals surface area contributed by atoms with Gasteiger partial charge >= 0.3 is 0 Å². The Morgan fingerprint density at radius 2 is 1.67 bits per heavy atom. The van der Waals surface area contributed by atoms with E-state index in [-0.39, 0.29) is 43.3 Å². The molecule has 1 aliphatic heterocycles. The third kappa shape index (κ3) is 7.98. The average Bonchev–Trinajstić information content (AvgIpc) is 2.87. The maximum absolute atomic E-state index is 13.1. The number of benzene rings is 3. The third-order valence-electron chi connectivity index (χ3n) is 6.57. The highest BCUT2D eigenvalue weighted by Crippen LogP contribution is 2.27. The van der Waals surface area contributed by atoms with Gasteiger partial charge in [0.05, 0.1) is 30.4 Å². The molecule has 39 heavy (non-hydrogen) atoms. The topological polar surface area (TPSA) is 144 Å². The van der Waals surface area contributed by atoms with Crippen LogP contribution in [0.25, 0.3) is 10.8 Å². The van der Waals surface area contributed by atoms with Gasteiger partial charge in [-0.2, -0.15) is 0 Å². The number of likely N-dealkylation sites (tertiary alicyclic amines) is 1. The highest BCUT2D eigenvalue weighted by atomic mass is 35.5. The van der Waals surface area contributed by atoms with E-state index in [1.807, 2.05) is 35.2 Å². The second kappa shape index (κ2) is 13.8. The van der Waals surface area contributed by atoms with Gasteiger partial charge in [0, 0.05) is 31.5 Å². The van der Waals surface area contributed by atoms with Gasteiger partial charge in [0.25, 0.3) is 0 Å². The summed E-state index contributed by atoms with van der Waals surface area (Å²) >= 11 is 0. The van der Waals surface area contributed by atoms with Gasteiger partial charge < -0.3 is 20.5 Å². The summed E-state index contributed by atoms with van der Waals surface area (Å²) in [5.74, 6) is 0.809. The summed E-state index contributed by atoms with van der Waals surface area (Å²) in [6, 6.07) is 18.1. The molecule has 3 aromatic rings. The van der Waals surface area contributed by atoms with E-state index in [4.69, 9.17) is 21.3 Å². The van der Waals surface area contributed by atoms with Gasteiger partial charge in [0.2, 0.25) is 10.0 Å². The van der Waals surface area contributed by atoms with Crippen LogP contribution >= 0.6 is 24.8 Å². The standard InChI is InChI=1S/C27H33N5O4S.2ClH/c1-19(28)31-12-10-26(11-13-31)36-25-8-6-24(7-9-25)32(37(34,35)15-14-33)18-20-2-3-21-4-5-22(27(29)30)17-23(21)16-20;;/h2-9,16-17,26,28,33H,10-15,18H2,1H3,(H3,29,30);2*1H. The van der Waals surface area contributed by atoms with Crippen molar-refractivity contribution in [2.24, 2.45) is 5.73 Å². The van der Waals surface area contributed by atoms with Crippen LogP contribution in [0.15, 0.2) is 60.7 Å². The molecule has 0 saturated carbocycles. The summed E-state index contributed by atoms with van der Waals surface area (Å²) in [5, 5.41) is 26.7. The van der Waals surface area contributed by atoms with Gasteiger partial charge in [0.1, 0.15) is 17.7 Å². The number of piperidine rings is 1. The minimum atomic E-state index is -3.79. The lowest BCUT2D eigenvalue weighted by molar-refractivity contribution is 0.130. The van der Waals surface area contributed by atoms with Crippen molar-refractivity contribution in [3.8, 4) is 5.75 Å². The van der Waals surface area contributed by atoms with E-state index in [0.29, 0.717) is 22.8 Å². The van der Waals surface area contributed by atoms with Crippen LogP contribution in [0.4, 0.5) is 5.69 Å². The number of fused-ring (bicyclic) bond motifs is 1. The highest BCUT2D eigenvalue weighted by Gasteiger charge is 2.24. The van der Waals surface area contributed by atoms with Crippen LogP contribution in [0, 0.1) is 10.8 Å². The third-order valence-corrected chi connectivity index (χ3v) is 8.28. The monoisotopic (exact) mass is 595 g/mol. The largest absolute Gasteiger partial charge is 0.490 e. The summed E-state index contributed by atoms with van der Waals surface area (Å²) in [6.45, 7) is 2.96. The molecule has 0 radical (unpaired) electrons. The highest BCUT2D eigenvalue weighted by molar-refractivity contribution is 7.92. The number of nitrogens with zero attached hydrogens (tertiary/aromatic N) is 2. The molecule has 1 aliphatic rings. The Kier molecular flexibility index (Phi) is 11.4. The van der Waals surface area contributed by atoms with Gasteiger partial charge in [-0.25, -0.2) is 8.42 Å². The molecule has 9 nitrogen and oxygen atoms in total. The van der Waals surface area contributed by atoms with Crippen LogP contribution in [0.5, 0.6) is 5.75 Å². The fraction of sp³-hybridized carbons (Fsp3) is 0.333. The predicted molar refractivity (Wildman–Crippen MR) is 162 cm³/mol. The van der Waals surface area contributed by atoms with Crippen LogP contribution in [-0.4, -0.2) is 61.6 Å². The molecule has 3 aromatic carbocycles. The molecule has 0 bridgehead atoms. The van der Waals surface area contributed by atoms with Crippen molar-refractivity contribution in [1.82, 2.24) is 4.90 Å². The molecule has 4 rings (SSSR count). The summed E-state index contributed by atoms with van der Waals surface area (Å²) < 4.78 is 33.6. The Labute approximate surface area is 241 Å². The van der Waals surface area contributed by atoms with Crippen molar-refractivity contribution < 1.29 is 18.3 Å². The van der Waals surface area contributed by atoms with E-state index >= 15 is 0 Å². The predicted octanol–water partition coefficient (Wildman–Crippen LogP) is 4.14. The number of anilines is 1. The van der Waals surface area contributed by atoms with E-state index in [0.717, 1.165) is 42.3 Å². The molecule has 212 valence electrons. The summed E-state index contributed by atoms with van der Waals surface area (Å²) in [7, 11) is -3.79. The molecule has 0 amide bonds. The van der Waals surface area contributed by atoms with E-state index in [2.05, 4.69) is 0 Å². The minimum Gasteiger partial charge on any atom is -0.490 e. The van der Waals surface area contributed by atoms with Crippen molar-refractivity contribution in [3.63, 3.8) is 0 Å². The number of halogens is 2. The maximum atomic E-state index is 13.1. The molecule has 0 unspecified atom stereocenters. The number of rotatable bonds is 9. The Balaban J connectivity index is 0.00000267. The number of hydrogen-bond donors (Lipinski definition) is 4. The van der Waals surface area contributed by atoms with Crippen molar-refractivity contribution in [2.45, 2.75) is 32.4 Å². The first-order valence-electron chi connectivity index (χ1n) is 12.2. The van der Waals surface area contributed by atoms with Crippen molar-refractivity contribution in [2.75, 3.05) is 29.8 Å². The number of nitrogen functional groups attached to an aromatic ring is 1. The summed E-state index contributed by atoms with van der Waals surface area (Å²) in [6.07, 6.45) is 1.69. The number of sulfonamides is 1. The van der Waals surface area contributed by atoms with Crippen LogP contribution in [-0.2, 0) is 16.6 Å². The lowest BCUT2D eigenvalue weighted by Crippen LogP contribution is -2.40. The lowest BCUT2D eigenvalue weighted by atomic mass is 10.0. The zero-order valence-corrected chi connectivity index (χ0v) is 24.1. The number of aliphatic hydroxyl groups excluding tert-OH is 1. The van der Waals surface area contributed by atoms with Crippen molar-refractivity contribution in [3.05, 3.63) is 71.8 Å². The van der Waals surface area contributed by atoms with Crippen molar-refractivity contribution in [1.29, 1.82) is 10.8 Å². The normalized spacial score (nSPS) is 13.7. The van der Waals surface area contributed by atoms with E-state index in [9.17, 15) is 13.5 Å². The average molecular weight is 597 g/mol. The number of amidine groups is 2. The Bertz CT molecular complexity index is 1400. The van der Waals surface area contributed by atoms with Gasteiger partial charge in [0.15, 0.2) is 0 Å². The maximum Gasteiger partial charge on any atom is 0.237 e. The van der Waals surface area contributed by atoms with Crippen LogP contribution in [0.2, 0.25) is 0 Å². The number of nitrogens with two attached hydrogens (primary N) is 1. The molecule has 12 heteroatoms. The molecule has 1 saturated heterocycles. The molecule has 0 aliphatic carbocycles. The number of hydrogen-bond acceptors (Lipinski definition) is 6. The van der Waals surface area contributed by atoms with E-state index in [1.165, 1.54) is 4.31 Å². The zero-order valence-electron chi connectivity index (χ0n) is 21.7. The fourth-order valence-corrected chi connectivity index (χ4v) is 5.74. The van der Waals surface area contributed by atoms with Gasteiger partial charge in [-0.15, -0.1) is 24.8 Å². The fourth-order valence-electron chi connectivity index (χ4n) is 4.50. The van der Waals surface area contributed by atoms with Crippen molar-refractivity contribution >= 4 is 63.0 Å². The molecule has 0 aromatic heterocycles. The van der Waals surface area contributed by atoms with E-state index < -0.39 is 22.4 Å². The smallest absolute Gasteiger partial charge is 0.237 e. The minimum absolute atomic E-state index is 0. The first-order valence-corrected chi connectivity index (χ1v) is 13.8. The molecule has 0 spiro atoms. The van der Waals surface area contributed by atoms with Crippen LogP contribution in [0.3, 0.4) is 0 Å². The first-order chi connectivity index (χ1) is 17.7. The van der Waals surface area contributed by atoms with E-state index in [1.54, 1.807) is 37.3 Å². The molecular weight excluding hydrogens is 561 g/mol. The van der Waals surface area contributed by atoms with Gasteiger partial charge in [-0.05, 0) is 59.7 Å². The van der Waals surface area contributed by atoms with Crippen LogP contribution in [0.1, 0.15) is 30.9 Å². The number of nitrogens with one attached hydrogen (secondary N) is 2. The molecule has 1 heterocycles. The summed E-state index contributed by atoms with van der Waals surface area (Å²) in [4.78, 5) is 2.03. The second-order valence-electron chi connectivity index (χ2n) is 9.24. The quantitative estimate of drug-likeness (QED) is 0.216.